The van der Waals surface area contributed by atoms with Crippen LogP contribution in [-0.4, -0.2) is 0 Å². The molecule has 2 aliphatic carbocycles. The zero-order valence-electron chi connectivity index (χ0n) is 28.4. The highest BCUT2D eigenvalue weighted by Gasteiger charge is 2.41. The molecule has 2 aliphatic rings. The van der Waals surface area contributed by atoms with E-state index < -0.39 is 0 Å². The van der Waals surface area contributed by atoms with E-state index >= 15 is 0 Å². The summed E-state index contributed by atoms with van der Waals surface area (Å²) in [6, 6.07) is 56.9. The topological polar surface area (TPSA) is 3.24 Å². The second kappa shape index (κ2) is 9.94. The van der Waals surface area contributed by atoms with E-state index in [0.29, 0.717) is 0 Å². The number of fused-ring (bicyclic) bond motifs is 11. The molecule has 0 N–H and O–H groups in total. The molecule has 234 valence electrons. The minimum atomic E-state index is -0.109. The van der Waals surface area contributed by atoms with E-state index in [1.165, 1.54) is 93.9 Å². The van der Waals surface area contributed by atoms with Crippen molar-refractivity contribution in [3.8, 4) is 22.3 Å². The van der Waals surface area contributed by atoms with Crippen LogP contribution in [0.5, 0.6) is 0 Å². The minimum absolute atomic E-state index is 0.109. The summed E-state index contributed by atoms with van der Waals surface area (Å²) in [6.07, 6.45) is 0. The Balaban J connectivity index is 1.39. The van der Waals surface area contributed by atoms with Crippen LogP contribution in [0.2, 0.25) is 0 Å². The molecular formula is C48H37N. The van der Waals surface area contributed by atoms with Crippen molar-refractivity contribution in [2.45, 2.75) is 38.5 Å². The van der Waals surface area contributed by atoms with Gasteiger partial charge in [0.25, 0.3) is 0 Å². The minimum Gasteiger partial charge on any atom is -0.309 e. The van der Waals surface area contributed by atoms with Gasteiger partial charge in [-0.2, -0.15) is 0 Å². The third-order valence-corrected chi connectivity index (χ3v) is 11.6. The van der Waals surface area contributed by atoms with Gasteiger partial charge in [-0.3, -0.25) is 0 Å². The molecule has 0 heterocycles. The van der Waals surface area contributed by atoms with Crippen LogP contribution in [-0.2, 0) is 10.8 Å². The van der Waals surface area contributed by atoms with E-state index in [1.54, 1.807) is 0 Å². The van der Waals surface area contributed by atoms with Crippen molar-refractivity contribution < 1.29 is 0 Å². The summed E-state index contributed by atoms with van der Waals surface area (Å²) in [7, 11) is 0. The highest BCUT2D eigenvalue weighted by atomic mass is 15.2. The molecule has 0 saturated heterocycles. The summed E-state index contributed by atoms with van der Waals surface area (Å²) in [5, 5.41) is 7.62. The Labute approximate surface area is 288 Å². The van der Waals surface area contributed by atoms with Crippen LogP contribution < -0.4 is 4.90 Å². The maximum Gasteiger partial charge on any atom is 0.0547 e. The molecule has 0 unspecified atom stereocenters. The number of hydrogen-bond acceptors (Lipinski definition) is 1. The first-order valence-electron chi connectivity index (χ1n) is 17.5. The van der Waals surface area contributed by atoms with Crippen molar-refractivity contribution >= 4 is 49.4 Å². The molecule has 1 nitrogen and oxygen atoms in total. The van der Waals surface area contributed by atoms with Crippen molar-refractivity contribution in [3.05, 3.63) is 174 Å². The van der Waals surface area contributed by atoms with Gasteiger partial charge in [0.05, 0.1) is 17.1 Å². The number of nitrogens with zero attached hydrogens (tertiary/aromatic N) is 1. The van der Waals surface area contributed by atoms with Crippen LogP contribution in [0.1, 0.15) is 49.9 Å². The highest BCUT2D eigenvalue weighted by Crippen LogP contribution is 2.58. The smallest absolute Gasteiger partial charge is 0.0547 e. The van der Waals surface area contributed by atoms with Crippen molar-refractivity contribution in [2.75, 3.05) is 4.90 Å². The van der Waals surface area contributed by atoms with Crippen molar-refractivity contribution in [1.29, 1.82) is 0 Å². The normalized spacial score (nSPS) is 14.9. The molecule has 0 radical (unpaired) electrons. The van der Waals surface area contributed by atoms with Crippen LogP contribution in [0, 0.1) is 0 Å². The maximum atomic E-state index is 2.61. The van der Waals surface area contributed by atoms with Crippen molar-refractivity contribution in [1.82, 2.24) is 0 Å². The molecule has 0 fully saturated rings. The Morgan fingerprint density at radius 1 is 0.347 bits per heavy atom. The quantitative estimate of drug-likeness (QED) is 0.176. The van der Waals surface area contributed by atoms with Gasteiger partial charge >= 0.3 is 0 Å². The molecule has 8 aromatic carbocycles. The fourth-order valence-corrected chi connectivity index (χ4v) is 9.26. The van der Waals surface area contributed by atoms with Crippen molar-refractivity contribution in [3.63, 3.8) is 0 Å². The molecule has 0 bridgehead atoms. The van der Waals surface area contributed by atoms with E-state index in [4.69, 9.17) is 0 Å². The molecule has 49 heavy (non-hydrogen) atoms. The van der Waals surface area contributed by atoms with Gasteiger partial charge in [0.1, 0.15) is 0 Å². The average molecular weight is 628 g/mol. The first-order chi connectivity index (χ1) is 23.9. The number of hydrogen-bond donors (Lipinski definition) is 0. The van der Waals surface area contributed by atoms with Gasteiger partial charge in [-0.1, -0.05) is 161 Å². The van der Waals surface area contributed by atoms with E-state index in [1.807, 2.05) is 0 Å². The average Bonchev–Trinajstić information content (AvgIpc) is 3.52. The van der Waals surface area contributed by atoms with Crippen LogP contribution >= 0.6 is 0 Å². The Morgan fingerprint density at radius 3 is 1.43 bits per heavy atom. The molecule has 0 atom stereocenters. The highest BCUT2D eigenvalue weighted by molar-refractivity contribution is 6.22. The van der Waals surface area contributed by atoms with E-state index in [2.05, 4.69) is 184 Å². The van der Waals surface area contributed by atoms with E-state index in [-0.39, 0.29) is 10.8 Å². The van der Waals surface area contributed by atoms with Crippen LogP contribution in [0.25, 0.3) is 54.6 Å². The number of anilines is 3. The summed E-state index contributed by atoms with van der Waals surface area (Å²) >= 11 is 0. The van der Waals surface area contributed by atoms with Crippen LogP contribution in [0.15, 0.2) is 152 Å². The van der Waals surface area contributed by atoms with Gasteiger partial charge < -0.3 is 4.90 Å². The zero-order valence-corrected chi connectivity index (χ0v) is 28.4. The monoisotopic (exact) mass is 627 g/mol. The molecule has 8 aromatic rings. The molecule has 1 heteroatoms. The van der Waals surface area contributed by atoms with Gasteiger partial charge in [-0.15, -0.1) is 0 Å². The predicted octanol–water partition coefficient (Wildman–Crippen LogP) is 13.2. The first-order valence-corrected chi connectivity index (χ1v) is 17.5. The van der Waals surface area contributed by atoms with E-state index in [0.717, 1.165) is 0 Å². The lowest BCUT2D eigenvalue weighted by molar-refractivity contribution is 0.660. The molecule has 0 spiro atoms. The summed E-state index contributed by atoms with van der Waals surface area (Å²) in [5.74, 6) is 0. The zero-order chi connectivity index (χ0) is 33.1. The van der Waals surface area contributed by atoms with Crippen LogP contribution in [0.3, 0.4) is 0 Å². The second-order valence-electron chi connectivity index (χ2n) is 14.9. The SMILES string of the molecule is CC1(C)c2ccccc2-c2c(N(c3cccc4c3-c3ccccc3C4(C)C)c3cc4c5ccccc5ccc4c4ccccc34)cccc21. The molecular weight excluding hydrogens is 591 g/mol. The van der Waals surface area contributed by atoms with Gasteiger partial charge in [-0.05, 0) is 78.5 Å². The summed E-state index contributed by atoms with van der Waals surface area (Å²) in [5.41, 5.74) is 14.2. The molecule has 0 amide bonds. The lowest BCUT2D eigenvalue weighted by Gasteiger charge is -2.32. The Hall–Kier alpha value is -5.66. The second-order valence-corrected chi connectivity index (χ2v) is 14.9. The Bertz CT molecular complexity index is 2570. The molecule has 10 rings (SSSR count). The summed E-state index contributed by atoms with van der Waals surface area (Å²) in [4.78, 5) is 2.61. The molecule has 0 saturated carbocycles. The van der Waals surface area contributed by atoms with Crippen LogP contribution in [0.4, 0.5) is 17.1 Å². The molecule has 0 aliphatic heterocycles. The summed E-state index contributed by atoms with van der Waals surface area (Å²) < 4.78 is 0. The maximum absolute atomic E-state index is 2.61. The lowest BCUT2D eigenvalue weighted by atomic mass is 9.82. The lowest BCUT2D eigenvalue weighted by Crippen LogP contribution is -2.17. The largest absolute Gasteiger partial charge is 0.309 e. The Kier molecular flexibility index (Phi) is 5.75. The number of benzene rings is 8. The standard InChI is InChI=1S/C48H37N/c1-47(2)38-21-11-9-19-35(38)45-40(47)23-13-25-42(45)49(43-26-14-24-41-46(43)36-20-10-12-22-39(36)48(41,3)4)44-29-37-31-16-6-5-15-30(31)27-28-33(37)32-17-7-8-18-34(32)44/h5-29H,1-4H3. The van der Waals surface area contributed by atoms with Gasteiger partial charge in [0, 0.05) is 27.3 Å². The predicted molar refractivity (Wildman–Crippen MR) is 209 cm³/mol. The third-order valence-electron chi connectivity index (χ3n) is 11.6. The summed E-state index contributed by atoms with van der Waals surface area (Å²) in [6.45, 7) is 9.51. The number of rotatable bonds is 3. The third kappa shape index (κ3) is 3.76. The van der Waals surface area contributed by atoms with Gasteiger partial charge in [0.2, 0.25) is 0 Å². The van der Waals surface area contributed by atoms with Gasteiger partial charge in [-0.25, -0.2) is 0 Å². The van der Waals surface area contributed by atoms with E-state index in [9.17, 15) is 0 Å². The Morgan fingerprint density at radius 2 is 0.816 bits per heavy atom. The first kappa shape index (κ1) is 28.4. The van der Waals surface area contributed by atoms with Gasteiger partial charge in [0.15, 0.2) is 0 Å². The fraction of sp³-hybridized carbons (Fsp3) is 0.125. The molecule has 0 aromatic heterocycles. The van der Waals surface area contributed by atoms with Crippen molar-refractivity contribution in [2.24, 2.45) is 0 Å². The fourth-order valence-electron chi connectivity index (χ4n) is 9.26.